The maximum Gasteiger partial charge on any atom is 0.231 e. The number of nitrogens with zero attached hydrogens (tertiary/aromatic N) is 1. The van der Waals surface area contributed by atoms with Gasteiger partial charge in [0.15, 0.2) is 11.5 Å². The van der Waals surface area contributed by atoms with E-state index in [1.807, 2.05) is 0 Å². The Morgan fingerprint density at radius 1 is 1.26 bits per heavy atom. The molecule has 1 aliphatic heterocycles. The number of benzene rings is 1. The molecule has 2 aromatic rings. The monoisotopic (exact) mass is 258 g/mol. The predicted octanol–water partition coefficient (Wildman–Crippen LogP) is 2.20. The minimum atomic E-state index is 0.338. The zero-order valence-electron chi connectivity index (χ0n) is 11.1. The van der Waals surface area contributed by atoms with Crippen LogP contribution in [-0.2, 0) is 13.5 Å². The molecule has 100 valence electrons. The molecule has 0 bridgehead atoms. The summed E-state index contributed by atoms with van der Waals surface area (Å²) in [4.78, 5) is 0. The van der Waals surface area contributed by atoms with Crippen LogP contribution >= 0.6 is 0 Å². The summed E-state index contributed by atoms with van der Waals surface area (Å²) < 4.78 is 13.1. The van der Waals surface area contributed by atoms with E-state index in [1.165, 1.54) is 29.3 Å². The molecule has 4 rings (SSSR count). The first-order valence-electron chi connectivity index (χ1n) is 6.92. The van der Waals surface area contributed by atoms with Gasteiger partial charge in [-0.1, -0.05) is 0 Å². The summed E-state index contributed by atoms with van der Waals surface area (Å²) in [6, 6.07) is 4.97. The lowest BCUT2D eigenvalue weighted by Crippen LogP contribution is -2.19. The number of aromatic nitrogens is 1. The van der Waals surface area contributed by atoms with Gasteiger partial charge >= 0.3 is 0 Å². The van der Waals surface area contributed by atoms with Crippen LogP contribution in [0.15, 0.2) is 18.3 Å². The first kappa shape index (κ1) is 11.2. The Morgan fingerprint density at radius 3 is 2.84 bits per heavy atom. The molecule has 4 nitrogen and oxygen atoms in total. The van der Waals surface area contributed by atoms with E-state index in [0.29, 0.717) is 6.79 Å². The fourth-order valence-electron chi connectivity index (χ4n) is 2.75. The largest absolute Gasteiger partial charge is 0.454 e. The highest BCUT2D eigenvalue weighted by Gasteiger charge is 2.21. The van der Waals surface area contributed by atoms with Crippen LogP contribution in [0.5, 0.6) is 11.5 Å². The van der Waals surface area contributed by atoms with Crippen LogP contribution in [-0.4, -0.2) is 23.9 Å². The third-order valence-electron chi connectivity index (χ3n) is 3.97. The van der Waals surface area contributed by atoms with Crippen molar-refractivity contribution in [2.24, 2.45) is 7.05 Å². The van der Waals surface area contributed by atoms with Gasteiger partial charge in [0, 0.05) is 30.7 Å². The molecule has 1 N–H and O–H groups in total. The highest BCUT2D eigenvalue weighted by molar-refractivity contribution is 5.87. The Balaban J connectivity index is 1.65. The number of ether oxygens (including phenoxy) is 2. The van der Waals surface area contributed by atoms with Crippen molar-refractivity contribution in [3.05, 3.63) is 23.9 Å². The number of aryl methyl sites for hydroxylation is 1. The molecule has 19 heavy (non-hydrogen) atoms. The molecule has 0 amide bonds. The molecule has 2 aliphatic rings. The number of nitrogens with one attached hydrogen (secondary N) is 1. The summed E-state index contributed by atoms with van der Waals surface area (Å²) in [5, 5.41) is 4.85. The van der Waals surface area contributed by atoms with Gasteiger partial charge in [-0.3, -0.25) is 0 Å². The minimum absolute atomic E-state index is 0.338. The van der Waals surface area contributed by atoms with E-state index < -0.39 is 0 Å². The molecule has 1 aromatic heterocycles. The van der Waals surface area contributed by atoms with Gasteiger partial charge in [0.1, 0.15) is 0 Å². The summed E-state index contributed by atoms with van der Waals surface area (Å²) in [7, 11) is 2.09. The number of hydrogen-bond donors (Lipinski definition) is 1. The molecule has 0 saturated heterocycles. The van der Waals surface area contributed by atoms with Gasteiger partial charge in [0.25, 0.3) is 0 Å². The van der Waals surface area contributed by atoms with Crippen molar-refractivity contribution in [3.63, 3.8) is 0 Å². The van der Waals surface area contributed by atoms with Gasteiger partial charge in [-0.2, -0.15) is 0 Å². The van der Waals surface area contributed by atoms with Crippen molar-refractivity contribution in [1.82, 2.24) is 9.88 Å². The van der Waals surface area contributed by atoms with E-state index >= 15 is 0 Å². The van der Waals surface area contributed by atoms with Gasteiger partial charge in [-0.25, -0.2) is 0 Å². The van der Waals surface area contributed by atoms with Crippen LogP contribution < -0.4 is 14.8 Å². The van der Waals surface area contributed by atoms with Crippen LogP contribution in [0.3, 0.4) is 0 Å². The smallest absolute Gasteiger partial charge is 0.231 e. The quantitative estimate of drug-likeness (QED) is 0.913. The van der Waals surface area contributed by atoms with Crippen LogP contribution in [0, 0.1) is 0 Å². The first-order valence-corrected chi connectivity index (χ1v) is 6.92. The van der Waals surface area contributed by atoms with E-state index in [1.54, 1.807) is 0 Å². The van der Waals surface area contributed by atoms with Crippen molar-refractivity contribution in [1.29, 1.82) is 0 Å². The van der Waals surface area contributed by atoms with Crippen molar-refractivity contribution in [3.8, 4) is 11.5 Å². The highest BCUT2D eigenvalue weighted by Crippen LogP contribution is 2.37. The zero-order chi connectivity index (χ0) is 12.8. The van der Waals surface area contributed by atoms with E-state index in [-0.39, 0.29) is 0 Å². The van der Waals surface area contributed by atoms with E-state index in [2.05, 4.69) is 35.3 Å². The normalized spacial score (nSPS) is 17.3. The molecule has 0 atom stereocenters. The summed E-state index contributed by atoms with van der Waals surface area (Å²) in [5.74, 6) is 1.73. The molecule has 1 aliphatic carbocycles. The molecule has 2 heterocycles. The summed E-state index contributed by atoms with van der Waals surface area (Å²) in [6.07, 6.45) is 5.96. The maximum atomic E-state index is 5.48. The van der Waals surface area contributed by atoms with Crippen molar-refractivity contribution in [2.75, 3.05) is 13.3 Å². The molecule has 4 heteroatoms. The molecule has 1 fully saturated rings. The van der Waals surface area contributed by atoms with E-state index in [4.69, 9.17) is 9.47 Å². The number of fused-ring (bicyclic) bond motifs is 2. The van der Waals surface area contributed by atoms with Crippen molar-refractivity contribution >= 4 is 10.9 Å². The van der Waals surface area contributed by atoms with Crippen molar-refractivity contribution in [2.45, 2.75) is 25.3 Å². The summed E-state index contributed by atoms with van der Waals surface area (Å²) >= 11 is 0. The Bertz CT molecular complexity index is 629. The average molecular weight is 258 g/mol. The second-order valence-electron chi connectivity index (χ2n) is 5.47. The van der Waals surface area contributed by atoms with E-state index in [0.717, 1.165) is 30.5 Å². The lowest BCUT2D eigenvalue weighted by Gasteiger charge is -2.02. The SMILES string of the molecule is Cn1cc(CCNC2CC2)c2cc3c(cc21)OCO3. The molecule has 0 spiro atoms. The first-order chi connectivity index (χ1) is 9.31. The maximum absolute atomic E-state index is 5.48. The summed E-state index contributed by atoms with van der Waals surface area (Å²) in [5.41, 5.74) is 2.59. The Labute approximate surface area is 112 Å². The third kappa shape index (κ3) is 1.96. The van der Waals surface area contributed by atoms with Gasteiger partial charge in [-0.05, 0) is 37.4 Å². The molecular weight excluding hydrogens is 240 g/mol. The van der Waals surface area contributed by atoms with Crippen LogP contribution in [0.2, 0.25) is 0 Å². The van der Waals surface area contributed by atoms with Crippen molar-refractivity contribution < 1.29 is 9.47 Å². The Kier molecular flexibility index (Phi) is 2.45. The van der Waals surface area contributed by atoms with Gasteiger partial charge < -0.3 is 19.4 Å². The molecule has 0 unspecified atom stereocenters. The molecule has 1 aromatic carbocycles. The zero-order valence-corrected chi connectivity index (χ0v) is 11.1. The lowest BCUT2D eigenvalue weighted by molar-refractivity contribution is 0.174. The molecular formula is C15H18N2O2. The van der Waals surface area contributed by atoms with Crippen LogP contribution in [0.25, 0.3) is 10.9 Å². The molecule has 1 saturated carbocycles. The standard InChI is InChI=1S/C15H18N2O2/c1-17-8-10(4-5-16-11-2-3-11)12-6-14-15(7-13(12)17)19-9-18-14/h6-8,11,16H,2-5,9H2,1H3. The fourth-order valence-corrected chi connectivity index (χ4v) is 2.75. The molecule has 0 radical (unpaired) electrons. The Hall–Kier alpha value is -1.68. The average Bonchev–Trinajstić information content (AvgIpc) is 3.03. The lowest BCUT2D eigenvalue weighted by atomic mass is 10.1. The van der Waals surface area contributed by atoms with Gasteiger partial charge in [0.05, 0.1) is 5.52 Å². The predicted molar refractivity (Wildman–Crippen MR) is 73.8 cm³/mol. The second-order valence-corrected chi connectivity index (χ2v) is 5.47. The minimum Gasteiger partial charge on any atom is -0.454 e. The van der Waals surface area contributed by atoms with E-state index in [9.17, 15) is 0 Å². The fraction of sp³-hybridized carbons (Fsp3) is 0.467. The number of hydrogen-bond acceptors (Lipinski definition) is 3. The number of rotatable bonds is 4. The van der Waals surface area contributed by atoms with Gasteiger partial charge in [0.2, 0.25) is 6.79 Å². The highest BCUT2D eigenvalue weighted by atomic mass is 16.7. The topological polar surface area (TPSA) is 35.4 Å². The van der Waals surface area contributed by atoms with Crippen LogP contribution in [0.1, 0.15) is 18.4 Å². The van der Waals surface area contributed by atoms with Crippen LogP contribution in [0.4, 0.5) is 0 Å². The second kappa shape index (κ2) is 4.17. The third-order valence-corrected chi connectivity index (χ3v) is 3.97. The van der Waals surface area contributed by atoms with Gasteiger partial charge in [-0.15, -0.1) is 0 Å². The Morgan fingerprint density at radius 2 is 2.05 bits per heavy atom. The summed E-state index contributed by atoms with van der Waals surface area (Å²) in [6.45, 7) is 1.39.